The minimum atomic E-state index is -1.51. The van der Waals surface area contributed by atoms with E-state index in [0.717, 1.165) is 0 Å². The molecule has 0 aliphatic rings. The first-order valence-electron chi connectivity index (χ1n) is 9.70. The number of carbonyl (C=O) groups is 4. The van der Waals surface area contributed by atoms with Crippen molar-refractivity contribution in [3.8, 4) is 11.8 Å². The number of aliphatic hydroxyl groups is 2. The first-order chi connectivity index (χ1) is 15.1. The monoisotopic (exact) mass is 467 g/mol. The maximum absolute atomic E-state index is 12.4. The molecule has 1 aromatic rings. The summed E-state index contributed by atoms with van der Waals surface area (Å²) in [5.74, 6) is -3.71. The van der Waals surface area contributed by atoms with Gasteiger partial charge in [0.05, 0.1) is 24.8 Å². The van der Waals surface area contributed by atoms with Crippen LogP contribution in [0.3, 0.4) is 0 Å². The van der Waals surface area contributed by atoms with Crippen LogP contribution in [0.4, 0.5) is 0 Å². The molecule has 174 valence electrons. The first-order valence-corrected chi connectivity index (χ1v) is 10.2. The average Bonchev–Trinajstić information content (AvgIpc) is 2.80. The lowest BCUT2D eigenvalue weighted by Crippen LogP contribution is -2.47. The molecule has 0 aliphatic heterocycles. The maximum Gasteiger partial charge on any atom is 0.296 e. The number of Topliss-reactive ketones (excluding diaryl/α,β-unsaturated/α-hetero) is 1. The third-order valence-corrected chi connectivity index (χ3v) is 4.74. The number of imide groups is 1. The van der Waals surface area contributed by atoms with Gasteiger partial charge in [-0.3, -0.25) is 24.1 Å². The highest BCUT2D eigenvalue weighted by Crippen LogP contribution is 2.19. The van der Waals surface area contributed by atoms with Crippen molar-refractivity contribution in [2.24, 2.45) is 5.41 Å². The molecule has 10 nitrogen and oxygen atoms in total. The highest BCUT2D eigenvalue weighted by Gasteiger charge is 2.33. The molecule has 0 spiro atoms. The lowest BCUT2D eigenvalue weighted by molar-refractivity contribution is -0.151. The minimum Gasteiger partial charge on any atom is -0.492 e. The second-order valence-electron chi connectivity index (χ2n) is 7.48. The molecule has 0 radical (unpaired) electrons. The summed E-state index contributed by atoms with van der Waals surface area (Å²) in [7, 11) is 0. The first kappa shape index (κ1) is 27.0. The van der Waals surface area contributed by atoms with E-state index in [1.807, 2.05) is 6.07 Å². The van der Waals surface area contributed by atoms with E-state index in [-0.39, 0.29) is 19.7 Å². The Balaban J connectivity index is 2.60. The highest BCUT2D eigenvalue weighted by atomic mass is 35.5. The fraction of sp³-hybridized carbons (Fsp3) is 0.476. The van der Waals surface area contributed by atoms with Crippen molar-refractivity contribution in [2.45, 2.75) is 26.4 Å². The number of ketones is 1. The van der Waals surface area contributed by atoms with Crippen LogP contribution in [0.5, 0.6) is 5.75 Å². The van der Waals surface area contributed by atoms with Gasteiger partial charge in [0, 0.05) is 18.4 Å². The lowest BCUT2D eigenvalue weighted by atomic mass is 9.87. The summed E-state index contributed by atoms with van der Waals surface area (Å²) in [4.78, 5) is 49.2. The number of nitrogens with zero attached hydrogens (tertiary/aromatic N) is 2. The second-order valence-corrected chi connectivity index (χ2v) is 7.75. The van der Waals surface area contributed by atoms with Gasteiger partial charge in [0.2, 0.25) is 17.6 Å². The Morgan fingerprint density at radius 1 is 1.25 bits per heavy atom. The van der Waals surface area contributed by atoms with Crippen molar-refractivity contribution in [2.75, 3.05) is 32.2 Å². The number of hydrogen-bond acceptors (Lipinski definition) is 8. The molecule has 1 rings (SSSR count). The quantitative estimate of drug-likeness (QED) is 0.286. The number of hydrogen-bond donors (Lipinski definition) is 3. The summed E-state index contributed by atoms with van der Waals surface area (Å²) in [5.41, 5.74) is -0.640. The van der Waals surface area contributed by atoms with E-state index in [4.69, 9.17) is 21.6 Å². The van der Waals surface area contributed by atoms with Gasteiger partial charge in [-0.05, 0) is 24.3 Å². The largest absolute Gasteiger partial charge is 0.492 e. The summed E-state index contributed by atoms with van der Waals surface area (Å²) in [6, 6.07) is 8.14. The van der Waals surface area contributed by atoms with E-state index in [9.17, 15) is 29.4 Å². The SMILES string of the molecule is CC(C)(CO)[C@@H](O)C(=O)NCCC(=O)C(=O)N(CCOc1ccc(C#N)cc1)C(=O)CCl. The van der Waals surface area contributed by atoms with Crippen molar-refractivity contribution in [3.63, 3.8) is 0 Å². The zero-order valence-electron chi connectivity index (χ0n) is 17.8. The van der Waals surface area contributed by atoms with Crippen LogP contribution < -0.4 is 10.1 Å². The molecule has 3 amide bonds. The molecule has 0 saturated heterocycles. The number of ether oxygens (including phenoxy) is 1. The average molecular weight is 468 g/mol. The number of nitriles is 1. The van der Waals surface area contributed by atoms with E-state index >= 15 is 0 Å². The van der Waals surface area contributed by atoms with E-state index in [1.165, 1.54) is 13.8 Å². The summed E-state index contributed by atoms with van der Waals surface area (Å²) in [6.45, 7) is 1.97. The zero-order chi connectivity index (χ0) is 24.3. The Hall–Kier alpha value is -3.00. The van der Waals surface area contributed by atoms with Crippen LogP contribution in [-0.4, -0.2) is 76.9 Å². The Kier molecular flexibility index (Phi) is 10.8. The fourth-order valence-electron chi connectivity index (χ4n) is 2.39. The van der Waals surface area contributed by atoms with Crippen LogP contribution in [0.25, 0.3) is 0 Å². The van der Waals surface area contributed by atoms with Crippen molar-refractivity contribution < 1.29 is 34.1 Å². The number of carbonyl (C=O) groups excluding carboxylic acids is 4. The molecule has 0 unspecified atom stereocenters. The van der Waals surface area contributed by atoms with Gasteiger partial charge in [0.15, 0.2) is 0 Å². The molecule has 0 aromatic heterocycles. The van der Waals surface area contributed by atoms with Gasteiger partial charge < -0.3 is 20.3 Å². The predicted molar refractivity (Wildman–Crippen MR) is 114 cm³/mol. The Bertz CT molecular complexity index is 865. The topological polar surface area (TPSA) is 157 Å². The van der Waals surface area contributed by atoms with Crippen molar-refractivity contribution in [1.82, 2.24) is 10.2 Å². The Labute approximate surface area is 190 Å². The van der Waals surface area contributed by atoms with E-state index in [2.05, 4.69) is 5.32 Å². The molecule has 0 bridgehead atoms. The van der Waals surface area contributed by atoms with Crippen LogP contribution in [0, 0.1) is 16.7 Å². The number of halogens is 1. The lowest BCUT2D eigenvalue weighted by Gasteiger charge is -2.27. The summed E-state index contributed by atoms with van der Waals surface area (Å²) < 4.78 is 5.43. The standard InChI is InChI=1S/C21H26ClN3O7/c1-21(2,13-26)18(29)19(30)24-8-7-16(27)20(31)25(17(28)11-22)9-10-32-15-5-3-14(12-23)4-6-15/h3-6,18,26,29H,7-11,13H2,1-2H3,(H,24,30)/t18-/m0/s1. The van der Waals surface area contributed by atoms with Crippen LogP contribution >= 0.6 is 11.6 Å². The Morgan fingerprint density at radius 2 is 1.88 bits per heavy atom. The maximum atomic E-state index is 12.4. The fourth-order valence-corrected chi connectivity index (χ4v) is 2.53. The van der Waals surface area contributed by atoms with Gasteiger partial charge in [-0.15, -0.1) is 11.6 Å². The van der Waals surface area contributed by atoms with Gasteiger partial charge in [-0.1, -0.05) is 13.8 Å². The number of nitrogens with one attached hydrogen (secondary N) is 1. The molecule has 0 heterocycles. The molecular formula is C21H26ClN3O7. The van der Waals surface area contributed by atoms with E-state index in [0.29, 0.717) is 16.2 Å². The normalized spacial score (nSPS) is 11.8. The zero-order valence-corrected chi connectivity index (χ0v) is 18.6. The molecule has 32 heavy (non-hydrogen) atoms. The van der Waals surface area contributed by atoms with Gasteiger partial charge in [0.1, 0.15) is 24.3 Å². The van der Waals surface area contributed by atoms with Crippen molar-refractivity contribution in [1.29, 1.82) is 5.26 Å². The Morgan fingerprint density at radius 3 is 2.41 bits per heavy atom. The van der Waals surface area contributed by atoms with Crippen LogP contribution in [0.15, 0.2) is 24.3 Å². The van der Waals surface area contributed by atoms with Crippen LogP contribution in [0.2, 0.25) is 0 Å². The number of benzene rings is 1. The number of alkyl halides is 1. The number of aliphatic hydroxyl groups excluding tert-OH is 2. The van der Waals surface area contributed by atoms with Crippen molar-refractivity contribution >= 4 is 35.1 Å². The number of amides is 3. The second kappa shape index (κ2) is 12.8. The third kappa shape index (κ3) is 7.92. The molecule has 0 fully saturated rings. The van der Waals surface area contributed by atoms with Crippen LogP contribution in [0.1, 0.15) is 25.8 Å². The molecule has 0 saturated carbocycles. The molecule has 1 aromatic carbocycles. The van der Waals surface area contributed by atoms with Gasteiger partial charge in [0.25, 0.3) is 5.91 Å². The van der Waals surface area contributed by atoms with E-state index < -0.39 is 53.9 Å². The van der Waals surface area contributed by atoms with Gasteiger partial charge in [-0.25, -0.2) is 0 Å². The molecule has 1 atom stereocenters. The summed E-state index contributed by atoms with van der Waals surface area (Å²) >= 11 is 5.53. The van der Waals surface area contributed by atoms with Gasteiger partial charge in [-0.2, -0.15) is 5.26 Å². The molecule has 3 N–H and O–H groups in total. The molecule has 11 heteroatoms. The third-order valence-electron chi connectivity index (χ3n) is 4.51. The van der Waals surface area contributed by atoms with E-state index in [1.54, 1.807) is 24.3 Å². The number of rotatable bonds is 12. The summed E-state index contributed by atoms with van der Waals surface area (Å²) in [6.07, 6.45) is -1.91. The van der Waals surface area contributed by atoms with Crippen LogP contribution in [-0.2, 0) is 19.2 Å². The molecule has 0 aliphatic carbocycles. The predicted octanol–water partition coefficient (Wildman–Crippen LogP) is -0.0141. The molecular weight excluding hydrogens is 442 g/mol. The summed E-state index contributed by atoms with van der Waals surface area (Å²) in [5, 5.41) is 30.2. The minimum absolute atomic E-state index is 0.104. The smallest absolute Gasteiger partial charge is 0.296 e. The van der Waals surface area contributed by atoms with Gasteiger partial charge >= 0.3 is 0 Å². The van der Waals surface area contributed by atoms with Crippen molar-refractivity contribution in [3.05, 3.63) is 29.8 Å². The highest BCUT2D eigenvalue weighted by molar-refractivity contribution is 6.40.